The first-order chi connectivity index (χ1) is 9.02. The SMILES string of the molecule is N/C(=N/O)c1ccc(N2CCCS(=O)(=O)CC2)cn1. The maximum Gasteiger partial charge on any atom is 0.188 e. The van der Waals surface area contributed by atoms with Crippen molar-refractivity contribution < 1.29 is 13.6 Å². The van der Waals surface area contributed by atoms with E-state index in [1.807, 2.05) is 4.90 Å². The average molecular weight is 284 g/mol. The molecular weight excluding hydrogens is 268 g/mol. The summed E-state index contributed by atoms with van der Waals surface area (Å²) in [5.41, 5.74) is 6.65. The van der Waals surface area contributed by atoms with Crippen molar-refractivity contribution in [3.63, 3.8) is 0 Å². The molecule has 8 heteroatoms. The average Bonchev–Trinajstić information content (AvgIpc) is 2.59. The number of nitrogens with two attached hydrogens (primary N) is 1. The van der Waals surface area contributed by atoms with Crippen molar-refractivity contribution in [1.82, 2.24) is 4.98 Å². The Bertz CT molecular complexity index is 568. The molecule has 1 aliphatic rings. The lowest BCUT2D eigenvalue weighted by Crippen LogP contribution is -2.27. The normalized spacial score (nSPS) is 20.0. The van der Waals surface area contributed by atoms with Crippen LogP contribution in [0.1, 0.15) is 12.1 Å². The van der Waals surface area contributed by atoms with Crippen molar-refractivity contribution in [1.29, 1.82) is 0 Å². The summed E-state index contributed by atoms with van der Waals surface area (Å²) in [6, 6.07) is 3.43. The summed E-state index contributed by atoms with van der Waals surface area (Å²) in [4.78, 5) is 6.06. The summed E-state index contributed by atoms with van der Waals surface area (Å²) in [5.74, 6) is 0.346. The number of anilines is 1. The van der Waals surface area contributed by atoms with E-state index in [1.54, 1.807) is 18.3 Å². The molecule has 1 aromatic heterocycles. The molecule has 19 heavy (non-hydrogen) atoms. The maximum absolute atomic E-state index is 11.5. The lowest BCUT2D eigenvalue weighted by molar-refractivity contribution is 0.318. The fraction of sp³-hybridized carbons (Fsp3) is 0.455. The van der Waals surface area contributed by atoms with Gasteiger partial charge in [-0.1, -0.05) is 5.16 Å². The Morgan fingerprint density at radius 3 is 2.79 bits per heavy atom. The van der Waals surface area contributed by atoms with Crippen LogP contribution in [0.2, 0.25) is 0 Å². The van der Waals surface area contributed by atoms with E-state index in [0.29, 0.717) is 25.2 Å². The van der Waals surface area contributed by atoms with Crippen LogP contribution in [0.15, 0.2) is 23.5 Å². The van der Waals surface area contributed by atoms with Gasteiger partial charge in [0.2, 0.25) is 0 Å². The second kappa shape index (κ2) is 5.43. The molecule has 0 saturated carbocycles. The van der Waals surface area contributed by atoms with Crippen molar-refractivity contribution in [2.75, 3.05) is 29.5 Å². The predicted octanol–water partition coefficient (Wildman–Crippen LogP) is -0.199. The Hall–Kier alpha value is -1.83. The number of sulfone groups is 1. The van der Waals surface area contributed by atoms with Crippen LogP contribution < -0.4 is 10.6 Å². The minimum atomic E-state index is -2.92. The Balaban J connectivity index is 2.14. The molecule has 104 valence electrons. The van der Waals surface area contributed by atoms with Gasteiger partial charge in [0, 0.05) is 13.1 Å². The smallest absolute Gasteiger partial charge is 0.188 e. The summed E-state index contributed by atoms with van der Waals surface area (Å²) in [7, 11) is -2.92. The van der Waals surface area contributed by atoms with Gasteiger partial charge in [-0.3, -0.25) is 4.98 Å². The summed E-state index contributed by atoms with van der Waals surface area (Å²) >= 11 is 0. The van der Waals surface area contributed by atoms with E-state index in [2.05, 4.69) is 10.1 Å². The maximum atomic E-state index is 11.5. The highest BCUT2D eigenvalue weighted by Gasteiger charge is 2.19. The highest BCUT2D eigenvalue weighted by molar-refractivity contribution is 7.91. The lowest BCUT2D eigenvalue weighted by Gasteiger charge is -2.21. The van der Waals surface area contributed by atoms with E-state index in [-0.39, 0.29) is 17.3 Å². The molecule has 0 aliphatic carbocycles. The second-order valence-electron chi connectivity index (χ2n) is 4.38. The van der Waals surface area contributed by atoms with Crippen molar-refractivity contribution in [3.8, 4) is 0 Å². The molecule has 0 unspecified atom stereocenters. The first-order valence-corrected chi connectivity index (χ1v) is 7.73. The van der Waals surface area contributed by atoms with E-state index in [1.165, 1.54) is 0 Å². The number of pyridine rings is 1. The van der Waals surface area contributed by atoms with Crippen molar-refractivity contribution in [2.24, 2.45) is 10.9 Å². The minimum absolute atomic E-state index is 0.0509. The molecule has 0 aromatic carbocycles. The Kier molecular flexibility index (Phi) is 3.89. The molecule has 3 N–H and O–H groups in total. The van der Waals surface area contributed by atoms with Crippen molar-refractivity contribution in [3.05, 3.63) is 24.0 Å². The van der Waals surface area contributed by atoms with Gasteiger partial charge in [-0.05, 0) is 18.6 Å². The third-order valence-electron chi connectivity index (χ3n) is 3.04. The zero-order valence-corrected chi connectivity index (χ0v) is 11.2. The second-order valence-corrected chi connectivity index (χ2v) is 6.68. The van der Waals surface area contributed by atoms with Gasteiger partial charge < -0.3 is 15.8 Å². The van der Waals surface area contributed by atoms with E-state index in [9.17, 15) is 8.42 Å². The third kappa shape index (κ3) is 3.34. The fourth-order valence-corrected chi connectivity index (χ4v) is 3.24. The minimum Gasteiger partial charge on any atom is -0.409 e. The number of hydrogen-bond donors (Lipinski definition) is 2. The number of rotatable bonds is 2. The van der Waals surface area contributed by atoms with Gasteiger partial charge in [-0.15, -0.1) is 0 Å². The molecule has 7 nitrogen and oxygen atoms in total. The van der Waals surface area contributed by atoms with Crippen LogP contribution in [0, 0.1) is 0 Å². The number of oxime groups is 1. The van der Waals surface area contributed by atoms with Crippen molar-refractivity contribution >= 4 is 21.4 Å². The van der Waals surface area contributed by atoms with Crippen LogP contribution >= 0.6 is 0 Å². The van der Waals surface area contributed by atoms with Crippen LogP contribution in [0.4, 0.5) is 5.69 Å². The zero-order valence-electron chi connectivity index (χ0n) is 10.4. The van der Waals surface area contributed by atoms with E-state index < -0.39 is 9.84 Å². The summed E-state index contributed by atoms with van der Waals surface area (Å²) in [6.07, 6.45) is 2.22. The highest BCUT2D eigenvalue weighted by atomic mass is 32.2. The molecule has 1 aromatic rings. The number of hydrogen-bond acceptors (Lipinski definition) is 6. The molecule has 0 radical (unpaired) electrons. The number of amidine groups is 1. The van der Waals surface area contributed by atoms with Crippen LogP contribution in [-0.2, 0) is 9.84 Å². The van der Waals surface area contributed by atoms with Gasteiger partial charge in [-0.25, -0.2) is 8.42 Å². The quantitative estimate of drug-likeness (QED) is 0.337. The van der Waals surface area contributed by atoms with Gasteiger partial charge in [0.05, 0.1) is 23.4 Å². The molecule has 2 heterocycles. The molecule has 1 saturated heterocycles. The molecule has 2 rings (SSSR count). The standard InChI is InChI=1S/C11H16N4O3S/c12-11(14-16)10-3-2-9(8-13-10)15-4-1-6-19(17,18)7-5-15/h2-3,8,16H,1,4-7H2,(H2,12,14). The van der Waals surface area contributed by atoms with E-state index >= 15 is 0 Å². The topological polar surface area (TPSA) is 109 Å². The Morgan fingerprint density at radius 1 is 1.37 bits per heavy atom. The molecular formula is C11H16N4O3S. The van der Waals surface area contributed by atoms with Gasteiger partial charge in [0.25, 0.3) is 0 Å². The Morgan fingerprint density at radius 2 is 2.16 bits per heavy atom. The van der Waals surface area contributed by atoms with Crippen molar-refractivity contribution in [2.45, 2.75) is 6.42 Å². The van der Waals surface area contributed by atoms with Gasteiger partial charge in [0.15, 0.2) is 15.7 Å². The molecule has 0 atom stereocenters. The van der Waals surface area contributed by atoms with Crippen LogP contribution in [0.25, 0.3) is 0 Å². The summed E-state index contributed by atoms with van der Waals surface area (Å²) in [5, 5.41) is 11.4. The highest BCUT2D eigenvalue weighted by Crippen LogP contribution is 2.16. The molecule has 1 fully saturated rings. The first-order valence-electron chi connectivity index (χ1n) is 5.91. The van der Waals surface area contributed by atoms with Crippen LogP contribution in [-0.4, -0.2) is 49.0 Å². The summed E-state index contributed by atoms with van der Waals surface area (Å²) < 4.78 is 23.1. The van der Waals surface area contributed by atoms with Gasteiger partial charge in [-0.2, -0.15) is 0 Å². The molecule has 0 amide bonds. The van der Waals surface area contributed by atoms with Crippen LogP contribution in [0.5, 0.6) is 0 Å². The van der Waals surface area contributed by atoms with E-state index in [0.717, 1.165) is 5.69 Å². The molecule has 1 aliphatic heterocycles. The Labute approximate surface area is 111 Å². The monoisotopic (exact) mass is 284 g/mol. The van der Waals surface area contributed by atoms with Gasteiger partial charge >= 0.3 is 0 Å². The predicted molar refractivity (Wildman–Crippen MR) is 72.2 cm³/mol. The van der Waals surface area contributed by atoms with Crippen LogP contribution in [0.3, 0.4) is 0 Å². The third-order valence-corrected chi connectivity index (χ3v) is 4.75. The molecule has 0 spiro atoms. The molecule has 0 bridgehead atoms. The summed E-state index contributed by atoms with van der Waals surface area (Å²) in [6.45, 7) is 1.15. The van der Waals surface area contributed by atoms with Gasteiger partial charge in [0.1, 0.15) is 5.69 Å². The first kappa shape index (κ1) is 13.6. The lowest BCUT2D eigenvalue weighted by atomic mass is 10.3. The van der Waals surface area contributed by atoms with E-state index in [4.69, 9.17) is 10.9 Å². The zero-order chi connectivity index (χ0) is 13.9. The number of aromatic nitrogens is 1. The number of nitrogens with zero attached hydrogens (tertiary/aromatic N) is 3. The largest absolute Gasteiger partial charge is 0.409 e. The fourth-order valence-electron chi connectivity index (χ4n) is 1.97.